The minimum Gasteiger partial charge on any atom is -0.312 e. The standard InChI is InChI=1S/C8H9N/c9-7-8-5-3-1-2-4-6-8/h3,5,7-9H,1,6H2/t8-/m0/s1. The van der Waals surface area contributed by atoms with Crippen molar-refractivity contribution >= 4 is 6.21 Å². The van der Waals surface area contributed by atoms with Gasteiger partial charge < -0.3 is 5.41 Å². The number of nitrogens with one attached hydrogen (secondary N) is 1. The second-order valence-corrected chi connectivity index (χ2v) is 2.02. The summed E-state index contributed by atoms with van der Waals surface area (Å²) in [6, 6.07) is 0. The Morgan fingerprint density at radius 3 is 3.22 bits per heavy atom. The summed E-state index contributed by atoms with van der Waals surface area (Å²) in [5.74, 6) is 6.22. The molecule has 0 heterocycles. The number of hydrogen-bond donors (Lipinski definition) is 1. The largest absolute Gasteiger partial charge is 0.312 e. The van der Waals surface area contributed by atoms with Crippen LogP contribution in [0.3, 0.4) is 0 Å². The van der Waals surface area contributed by atoms with Crippen molar-refractivity contribution in [2.75, 3.05) is 0 Å². The van der Waals surface area contributed by atoms with Crippen LogP contribution in [0.2, 0.25) is 0 Å². The minimum absolute atomic E-state index is 0.264. The number of rotatable bonds is 1. The number of allylic oxidation sites excluding steroid dienone is 2. The van der Waals surface area contributed by atoms with Gasteiger partial charge in [-0.3, -0.25) is 0 Å². The van der Waals surface area contributed by atoms with Crippen molar-refractivity contribution in [3.05, 3.63) is 12.2 Å². The van der Waals surface area contributed by atoms with E-state index in [9.17, 15) is 0 Å². The Hall–Kier alpha value is -1.03. The highest BCUT2D eigenvalue weighted by molar-refractivity contribution is 5.60. The van der Waals surface area contributed by atoms with Crippen LogP contribution in [0.5, 0.6) is 0 Å². The molecule has 0 bridgehead atoms. The van der Waals surface area contributed by atoms with E-state index in [1.807, 2.05) is 12.2 Å². The van der Waals surface area contributed by atoms with Crippen LogP contribution >= 0.6 is 0 Å². The molecule has 0 aromatic carbocycles. The monoisotopic (exact) mass is 119 g/mol. The molecule has 9 heavy (non-hydrogen) atoms. The third-order valence-corrected chi connectivity index (χ3v) is 1.28. The van der Waals surface area contributed by atoms with Gasteiger partial charge in [0.2, 0.25) is 0 Å². The highest BCUT2D eigenvalue weighted by Gasteiger charge is 1.97. The van der Waals surface area contributed by atoms with Crippen LogP contribution in [0.1, 0.15) is 12.8 Å². The molecule has 0 spiro atoms. The fourth-order valence-corrected chi connectivity index (χ4v) is 0.746. The molecule has 0 saturated heterocycles. The van der Waals surface area contributed by atoms with Crippen molar-refractivity contribution in [2.24, 2.45) is 5.92 Å². The van der Waals surface area contributed by atoms with Gasteiger partial charge in [-0.1, -0.05) is 18.1 Å². The first kappa shape index (κ1) is 6.10. The predicted molar refractivity (Wildman–Crippen MR) is 38.4 cm³/mol. The van der Waals surface area contributed by atoms with Gasteiger partial charge >= 0.3 is 0 Å². The lowest BCUT2D eigenvalue weighted by Gasteiger charge is -1.95. The molecule has 1 aliphatic rings. The molecule has 0 aromatic heterocycles. The van der Waals surface area contributed by atoms with Crippen molar-refractivity contribution in [1.29, 1.82) is 5.41 Å². The Kier molecular flexibility index (Phi) is 2.09. The van der Waals surface area contributed by atoms with Gasteiger partial charge in [-0.15, -0.1) is 5.92 Å². The van der Waals surface area contributed by atoms with Gasteiger partial charge in [0.05, 0.1) is 0 Å². The van der Waals surface area contributed by atoms with Crippen molar-refractivity contribution in [2.45, 2.75) is 12.8 Å². The average molecular weight is 119 g/mol. The Labute approximate surface area is 55.3 Å². The fraction of sp³-hybridized carbons (Fsp3) is 0.375. The summed E-state index contributed by atoms with van der Waals surface area (Å²) in [4.78, 5) is 0. The van der Waals surface area contributed by atoms with Gasteiger partial charge in [0.25, 0.3) is 0 Å². The van der Waals surface area contributed by atoms with Gasteiger partial charge in [-0.05, 0) is 0 Å². The quantitative estimate of drug-likeness (QED) is 0.308. The summed E-state index contributed by atoms with van der Waals surface area (Å²) in [7, 11) is 0. The highest BCUT2D eigenvalue weighted by Crippen LogP contribution is 2.03. The third-order valence-electron chi connectivity index (χ3n) is 1.28. The zero-order valence-electron chi connectivity index (χ0n) is 5.22. The van der Waals surface area contributed by atoms with Crippen LogP contribution in [0.25, 0.3) is 0 Å². The molecule has 46 valence electrons. The predicted octanol–water partition coefficient (Wildman–Crippen LogP) is 1.61. The van der Waals surface area contributed by atoms with E-state index in [4.69, 9.17) is 5.41 Å². The molecule has 0 aliphatic heterocycles. The summed E-state index contributed by atoms with van der Waals surface area (Å²) in [6.45, 7) is 0. The maximum Gasteiger partial charge on any atom is 0.0269 e. The van der Waals surface area contributed by atoms with Crippen molar-refractivity contribution in [1.82, 2.24) is 0 Å². The molecule has 1 N–H and O–H groups in total. The maximum absolute atomic E-state index is 6.95. The normalized spacial score (nSPS) is 23.8. The maximum atomic E-state index is 6.95. The summed E-state index contributed by atoms with van der Waals surface area (Å²) in [5, 5.41) is 6.95. The smallest absolute Gasteiger partial charge is 0.0269 e. The van der Waals surface area contributed by atoms with E-state index >= 15 is 0 Å². The molecular weight excluding hydrogens is 110 g/mol. The summed E-state index contributed by atoms with van der Waals surface area (Å²) in [5.41, 5.74) is 0. The van der Waals surface area contributed by atoms with Crippen LogP contribution in [-0.4, -0.2) is 6.21 Å². The second kappa shape index (κ2) is 3.09. The molecule has 0 unspecified atom stereocenters. The Bertz CT molecular complexity index is 180. The first-order chi connectivity index (χ1) is 4.43. The minimum atomic E-state index is 0.264. The van der Waals surface area contributed by atoms with Gasteiger partial charge in [0.1, 0.15) is 0 Å². The molecule has 1 aliphatic carbocycles. The van der Waals surface area contributed by atoms with Crippen molar-refractivity contribution < 1.29 is 0 Å². The SMILES string of the molecule is N=C[C@H]1C=CCC#CC1. The van der Waals surface area contributed by atoms with Crippen LogP contribution in [-0.2, 0) is 0 Å². The molecule has 1 heteroatoms. The van der Waals surface area contributed by atoms with Gasteiger partial charge in [-0.2, -0.15) is 0 Å². The molecule has 1 atom stereocenters. The van der Waals surface area contributed by atoms with E-state index in [1.165, 1.54) is 6.21 Å². The van der Waals surface area contributed by atoms with Gasteiger partial charge in [0, 0.05) is 25.0 Å². The third kappa shape index (κ3) is 1.73. The molecular formula is C8H9N. The molecule has 0 fully saturated rings. The fourth-order valence-electron chi connectivity index (χ4n) is 0.746. The molecule has 1 nitrogen and oxygen atoms in total. The van der Waals surface area contributed by atoms with E-state index in [-0.39, 0.29) is 5.92 Å². The average Bonchev–Trinajstić information content (AvgIpc) is 2.13. The van der Waals surface area contributed by atoms with Crippen LogP contribution in [0.15, 0.2) is 12.2 Å². The lowest BCUT2D eigenvalue weighted by atomic mass is 10.1. The topological polar surface area (TPSA) is 23.9 Å². The summed E-state index contributed by atoms with van der Waals surface area (Å²) in [6.07, 6.45) is 7.16. The van der Waals surface area contributed by atoms with Crippen molar-refractivity contribution in [3.63, 3.8) is 0 Å². The van der Waals surface area contributed by atoms with E-state index in [0.29, 0.717) is 0 Å². The molecule has 0 amide bonds. The van der Waals surface area contributed by atoms with Gasteiger partial charge in [0.15, 0.2) is 0 Å². The van der Waals surface area contributed by atoms with Crippen LogP contribution in [0.4, 0.5) is 0 Å². The van der Waals surface area contributed by atoms with Crippen LogP contribution in [0, 0.1) is 23.2 Å². The van der Waals surface area contributed by atoms with Gasteiger partial charge in [-0.25, -0.2) is 0 Å². The molecule has 0 radical (unpaired) electrons. The Morgan fingerprint density at radius 2 is 2.44 bits per heavy atom. The van der Waals surface area contributed by atoms with Crippen molar-refractivity contribution in [3.8, 4) is 11.8 Å². The van der Waals surface area contributed by atoms with E-state index in [2.05, 4.69) is 11.8 Å². The van der Waals surface area contributed by atoms with E-state index < -0.39 is 0 Å². The zero-order chi connectivity index (χ0) is 6.53. The second-order valence-electron chi connectivity index (χ2n) is 2.02. The Balaban J connectivity index is 2.59. The Morgan fingerprint density at radius 1 is 1.56 bits per heavy atom. The summed E-state index contributed by atoms with van der Waals surface area (Å²) < 4.78 is 0. The zero-order valence-corrected chi connectivity index (χ0v) is 5.22. The van der Waals surface area contributed by atoms with E-state index in [0.717, 1.165) is 12.8 Å². The first-order valence-corrected chi connectivity index (χ1v) is 3.06. The lowest BCUT2D eigenvalue weighted by Crippen LogP contribution is -1.93. The summed E-state index contributed by atoms with van der Waals surface area (Å²) >= 11 is 0. The number of hydrogen-bond acceptors (Lipinski definition) is 1. The lowest BCUT2D eigenvalue weighted by molar-refractivity contribution is 0.918. The molecule has 1 rings (SSSR count). The van der Waals surface area contributed by atoms with E-state index in [1.54, 1.807) is 0 Å². The molecule has 0 aromatic rings. The highest BCUT2D eigenvalue weighted by atomic mass is 14.3. The van der Waals surface area contributed by atoms with Crippen LogP contribution < -0.4 is 0 Å². The molecule has 0 saturated carbocycles. The first-order valence-electron chi connectivity index (χ1n) is 3.06.